The highest BCUT2D eigenvalue weighted by Crippen LogP contribution is 2.56. The van der Waals surface area contributed by atoms with Gasteiger partial charge >= 0.3 is 0 Å². The molecule has 11 rings (SSSR count). The molecule has 294 valence electrons. The Labute approximate surface area is 364 Å². The van der Waals surface area contributed by atoms with Gasteiger partial charge in [0.2, 0.25) is 0 Å². The third kappa shape index (κ3) is 6.33. The van der Waals surface area contributed by atoms with Gasteiger partial charge < -0.3 is 4.90 Å². The molecule has 0 amide bonds. The van der Waals surface area contributed by atoms with Crippen LogP contribution in [0.25, 0.3) is 77.5 Å². The maximum atomic E-state index is 2.50. The Morgan fingerprint density at radius 3 is 1.35 bits per heavy atom. The summed E-state index contributed by atoms with van der Waals surface area (Å²) in [6, 6.07) is 86.6. The summed E-state index contributed by atoms with van der Waals surface area (Å²) in [6.07, 6.45) is 0. The molecule has 0 bridgehead atoms. The van der Waals surface area contributed by atoms with E-state index >= 15 is 0 Å². The Balaban J connectivity index is 1.16. The third-order valence-corrected chi connectivity index (χ3v) is 12.9. The second-order valence-corrected chi connectivity index (χ2v) is 16.8. The predicted molar refractivity (Wildman–Crippen MR) is 263 cm³/mol. The second-order valence-electron chi connectivity index (χ2n) is 16.8. The second kappa shape index (κ2) is 15.4. The van der Waals surface area contributed by atoms with Gasteiger partial charge in [0.05, 0.1) is 11.4 Å². The summed E-state index contributed by atoms with van der Waals surface area (Å²) in [5.74, 6) is 0. The summed E-state index contributed by atoms with van der Waals surface area (Å²) in [5, 5.41) is 2.50. The maximum Gasteiger partial charge on any atom is 0.0543 e. The molecule has 0 fully saturated rings. The van der Waals surface area contributed by atoms with Crippen molar-refractivity contribution in [3.8, 4) is 66.8 Å². The number of hydrogen-bond donors (Lipinski definition) is 0. The van der Waals surface area contributed by atoms with E-state index in [4.69, 9.17) is 0 Å². The van der Waals surface area contributed by atoms with Crippen LogP contribution in [0.3, 0.4) is 0 Å². The van der Waals surface area contributed by atoms with Gasteiger partial charge in [0.25, 0.3) is 0 Å². The molecule has 0 saturated carbocycles. The fourth-order valence-electron chi connectivity index (χ4n) is 9.88. The smallest absolute Gasteiger partial charge is 0.0543 e. The van der Waals surface area contributed by atoms with Gasteiger partial charge in [0, 0.05) is 22.2 Å². The van der Waals surface area contributed by atoms with Gasteiger partial charge in [0.1, 0.15) is 0 Å². The number of nitrogens with zero attached hydrogens (tertiary/aromatic N) is 1. The first-order valence-corrected chi connectivity index (χ1v) is 21.6. The Hall–Kier alpha value is -7.74. The molecule has 0 heterocycles. The van der Waals surface area contributed by atoms with Crippen LogP contribution in [0.1, 0.15) is 25.0 Å². The highest BCUT2D eigenvalue weighted by molar-refractivity contribution is 6.07. The molecule has 0 radical (unpaired) electrons. The topological polar surface area (TPSA) is 3.24 Å². The largest absolute Gasteiger partial charge is 0.309 e. The highest BCUT2D eigenvalue weighted by atomic mass is 15.1. The Kier molecular flexibility index (Phi) is 9.24. The summed E-state index contributed by atoms with van der Waals surface area (Å²) in [7, 11) is 0. The molecular formula is C61H45N. The lowest BCUT2D eigenvalue weighted by Crippen LogP contribution is -2.17. The number of fused-ring (bicyclic) bond motifs is 4. The van der Waals surface area contributed by atoms with E-state index in [1.165, 1.54) is 88.7 Å². The lowest BCUT2D eigenvalue weighted by Gasteiger charge is -2.32. The fraction of sp³-hybridized carbons (Fsp3) is 0.0492. The van der Waals surface area contributed by atoms with Gasteiger partial charge in [-0.3, -0.25) is 0 Å². The van der Waals surface area contributed by atoms with E-state index in [0.717, 1.165) is 17.1 Å². The quantitative estimate of drug-likeness (QED) is 0.148. The standard InChI is InChI=1S/C61H45N/c1-61(2)55-34-19-33-52(44-24-11-5-12-25-44)60(55)54-40-53(45-26-13-6-14-27-45)58(41-56(54)61)62(57-35-16-15-30-49(57)42-20-7-3-8-21-42)48-38-36-46(37-39-48)51-32-18-29-47-28-17-31-50(59(47)51)43-22-9-4-10-23-43/h3-41H,1-2H3. The number of benzene rings is 10. The first-order valence-electron chi connectivity index (χ1n) is 21.6. The average Bonchev–Trinajstić information content (AvgIpc) is 3.57. The minimum atomic E-state index is -0.237. The zero-order valence-electron chi connectivity index (χ0n) is 35.0. The van der Waals surface area contributed by atoms with Crippen molar-refractivity contribution >= 4 is 27.8 Å². The van der Waals surface area contributed by atoms with E-state index in [2.05, 4.69) is 255 Å². The molecule has 10 aromatic rings. The van der Waals surface area contributed by atoms with E-state index < -0.39 is 0 Å². The lowest BCUT2D eigenvalue weighted by molar-refractivity contribution is 0.660. The number of para-hydroxylation sites is 1. The van der Waals surface area contributed by atoms with Gasteiger partial charge in [-0.2, -0.15) is 0 Å². The van der Waals surface area contributed by atoms with Gasteiger partial charge in [0.15, 0.2) is 0 Å². The Bertz CT molecular complexity index is 3220. The molecule has 1 aliphatic rings. The average molecular weight is 792 g/mol. The van der Waals surface area contributed by atoms with Crippen LogP contribution in [-0.4, -0.2) is 0 Å². The monoisotopic (exact) mass is 791 g/mol. The molecule has 62 heavy (non-hydrogen) atoms. The number of rotatable bonds is 8. The van der Waals surface area contributed by atoms with E-state index in [-0.39, 0.29) is 5.41 Å². The Morgan fingerprint density at radius 1 is 0.306 bits per heavy atom. The van der Waals surface area contributed by atoms with Crippen molar-refractivity contribution in [3.05, 3.63) is 248 Å². The first-order chi connectivity index (χ1) is 30.5. The van der Waals surface area contributed by atoms with E-state index in [9.17, 15) is 0 Å². The molecule has 0 atom stereocenters. The van der Waals surface area contributed by atoms with Gasteiger partial charge in [-0.1, -0.05) is 220 Å². The van der Waals surface area contributed by atoms with Crippen LogP contribution in [0.2, 0.25) is 0 Å². The molecule has 1 nitrogen and oxygen atoms in total. The zero-order valence-corrected chi connectivity index (χ0v) is 35.0. The molecule has 0 aliphatic heterocycles. The third-order valence-electron chi connectivity index (χ3n) is 12.9. The normalized spacial score (nSPS) is 12.5. The summed E-state index contributed by atoms with van der Waals surface area (Å²) in [5.41, 5.74) is 20.5. The van der Waals surface area contributed by atoms with Gasteiger partial charge in [-0.25, -0.2) is 0 Å². The molecule has 0 aromatic heterocycles. The number of hydrogen-bond acceptors (Lipinski definition) is 1. The van der Waals surface area contributed by atoms with Crippen molar-refractivity contribution in [1.82, 2.24) is 0 Å². The van der Waals surface area contributed by atoms with Crippen molar-refractivity contribution in [3.63, 3.8) is 0 Å². The van der Waals surface area contributed by atoms with Crippen LogP contribution in [-0.2, 0) is 5.41 Å². The van der Waals surface area contributed by atoms with E-state index in [1.54, 1.807) is 0 Å². The molecule has 0 N–H and O–H groups in total. The molecule has 0 spiro atoms. The molecule has 10 aromatic carbocycles. The fourth-order valence-corrected chi connectivity index (χ4v) is 9.88. The predicted octanol–water partition coefficient (Wildman–Crippen LogP) is 17.0. The van der Waals surface area contributed by atoms with Crippen LogP contribution in [0.4, 0.5) is 17.1 Å². The summed E-state index contributed by atoms with van der Waals surface area (Å²) in [4.78, 5) is 2.50. The minimum absolute atomic E-state index is 0.237. The van der Waals surface area contributed by atoms with Gasteiger partial charge in [-0.15, -0.1) is 0 Å². The molecule has 1 heteroatoms. The lowest BCUT2D eigenvalue weighted by atomic mass is 9.81. The Morgan fingerprint density at radius 2 is 0.758 bits per heavy atom. The van der Waals surface area contributed by atoms with Crippen molar-refractivity contribution < 1.29 is 0 Å². The van der Waals surface area contributed by atoms with Crippen molar-refractivity contribution in [2.24, 2.45) is 0 Å². The number of anilines is 3. The van der Waals surface area contributed by atoms with Crippen molar-refractivity contribution in [1.29, 1.82) is 0 Å². The van der Waals surface area contributed by atoms with Crippen molar-refractivity contribution in [2.75, 3.05) is 4.90 Å². The molecule has 1 aliphatic carbocycles. The highest BCUT2D eigenvalue weighted by Gasteiger charge is 2.38. The van der Waals surface area contributed by atoms with Crippen LogP contribution in [0.15, 0.2) is 237 Å². The van der Waals surface area contributed by atoms with Crippen molar-refractivity contribution in [2.45, 2.75) is 19.3 Å². The summed E-state index contributed by atoms with van der Waals surface area (Å²) >= 11 is 0. The molecule has 0 saturated heterocycles. The van der Waals surface area contributed by atoms with Crippen LogP contribution in [0, 0.1) is 0 Å². The van der Waals surface area contributed by atoms with Crippen LogP contribution in [0.5, 0.6) is 0 Å². The van der Waals surface area contributed by atoms with Crippen LogP contribution < -0.4 is 4.90 Å². The summed E-state index contributed by atoms with van der Waals surface area (Å²) < 4.78 is 0. The van der Waals surface area contributed by atoms with Gasteiger partial charge in [-0.05, 0) is 108 Å². The van der Waals surface area contributed by atoms with Crippen LogP contribution >= 0.6 is 0 Å². The molecule has 0 unspecified atom stereocenters. The SMILES string of the molecule is CC1(C)c2cc(N(c3ccc(-c4cccc5cccc(-c6ccccc6)c45)cc3)c3ccccc3-c3ccccc3)c(-c3ccccc3)cc2-c2c(-c3ccccc3)cccc21. The van der Waals surface area contributed by atoms with E-state index in [1.807, 2.05) is 0 Å². The summed E-state index contributed by atoms with van der Waals surface area (Å²) in [6.45, 7) is 4.78. The maximum absolute atomic E-state index is 2.50. The van der Waals surface area contributed by atoms with E-state index in [0.29, 0.717) is 0 Å². The zero-order chi connectivity index (χ0) is 41.6. The first kappa shape index (κ1) is 37.3. The molecular weight excluding hydrogens is 747 g/mol. The minimum Gasteiger partial charge on any atom is -0.309 e.